The topological polar surface area (TPSA) is 0 Å². The molecule has 5 heteroatoms. The molecule has 0 heterocycles. The largest absolute Gasteiger partial charge is 3.00 e. The van der Waals surface area contributed by atoms with E-state index >= 15 is 0 Å². The number of rotatable bonds is 0. The van der Waals surface area contributed by atoms with Crippen molar-refractivity contribution < 1.29 is 34.1 Å². The Morgan fingerprint density at radius 2 is 0.400 bits per heavy atom. The van der Waals surface area contributed by atoms with E-state index in [1.807, 2.05) is 0 Å². The smallest absolute Gasteiger partial charge is 2.00 e. The molecule has 0 aromatic rings. The second-order valence-electron chi connectivity index (χ2n) is 0. The monoisotopic (exact) mass is 206 g/mol. The third-order valence-corrected chi connectivity index (χ3v) is 0. The van der Waals surface area contributed by atoms with Gasteiger partial charge >= 0.3 is 34.1 Å². The third kappa shape index (κ3) is 23.3. The minimum atomic E-state index is 0. The molecule has 32 valence electrons. The van der Waals surface area contributed by atoms with E-state index in [-0.39, 0.29) is 74.6 Å². The normalized spacial score (nSPS) is 0. The van der Waals surface area contributed by atoms with Crippen LogP contribution in [0.3, 0.4) is 0 Å². The zero-order chi connectivity index (χ0) is 0. The molecule has 0 amide bonds. The second kappa shape index (κ2) is 36.1. The molecule has 0 N–H and O–H groups in total. The Balaban J connectivity index is 0. The van der Waals surface area contributed by atoms with Gasteiger partial charge in [-0.05, 0) is 0 Å². The van der Waals surface area contributed by atoms with E-state index in [1.54, 1.807) is 0 Å². The molecule has 0 rings (SSSR count). The fourth-order valence-electron chi connectivity index (χ4n) is 0. The first-order valence-corrected chi connectivity index (χ1v) is 0. The maximum atomic E-state index is 0. The summed E-state index contributed by atoms with van der Waals surface area (Å²) in [4.78, 5) is 0. The van der Waals surface area contributed by atoms with Crippen LogP contribution < -0.4 is 0 Å². The molecule has 0 spiro atoms. The summed E-state index contributed by atoms with van der Waals surface area (Å²) in [5, 5.41) is 0. The van der Waals surface area contributed by atoms with Crippen LogP contribution in [0.5, 0.6) is 0 Å². The van der Waals surface area contributed by atoms with Gasteiger partial charge in [0.15, 0.2) is 0 Å². The van der Waals surface area contributed by atoms with Crippen molar-refractivity contribution >= 4 is 40.5 Å². The minimum absolute atomic E-state index is 0. The quantitative estimate of drug-likeness (QED) is 0.489. The van der Waals surface area contributed by atoms with Gasteiger partial charge in [0, 0.05) is 0 Å². The summed E-state index contributed by atoms with van der Waals surface area (Å²) >= 11 is 0. The van der Waals surface area contributed by atoms with Gasteiger partial charge in [-0.15, -0.1) is 0 Å². The van der Waals surface area contributed by atoms with Crippen LogP contribution in [-0.4, -0.2) is 0 Å². The first kappa shape index (κ1) is 60.2. The molecule has 0 atom stereocenters. The molecule has 0 nitrogen and oxygen atoms in total. The van der Waals surface area contributed by atoms with Crippen LogP contribution in [-0.2, 0) is 74.6 Å². The van der Waals surface area contributed by atoms with Gasteiger partial charge in [0.25, 0.3) is 0 Å². The van der Waals surface area contributed by atoms with E-state index in [1.165, 1.54) is 0 Å². The summed E-state index contributed by atoms with van der Waals surface area (Å²) in [7, 11) is 0. The Labute approximate surface area is 74.1 Å². The number of hydrogen-bond acceptors (Lipinski definition) is 0. The maximum absolute atomic E-state index is 0. The van der Waals surface area contributed by atoms with Gasteiger partial charge in [0.2, 0.25) is 0 Å². The van der Waals surface area contributed by atoms with Gasteiger partial charge < -0.3 is 40.5 Å². The van der Waals surface area contributed by atoms with Crippen LogP contribution in [0.25, 0.3) is 0 Å². The molecule has 0 bridgehead atoms. The Kier molecular flexibility index (Phi) is 435. The predicted octanol–water partition coefficient (Wildman–Crippen LogP) is -0.0122. The summed E-state index contributed by atoms with van der Waals surface area (Å²) in [5.41, 5.74) is 0. The molecule has 0 radical (unpaired) electrons. The van der Waals surface area contributed by atoms with Crippen molar-refractivity contribution in [2.24, 2.45) is 0 Å². The van der Waals surface area contributed by atoms with Crippen molar-refractivity contribution in [3.63, 3.8) is 0 Å². The van der Waals surface area contributed by atoms with Crippen molar-refractivity contribution in [3.05, 3.63) is 0 Å². The zero-order valence-electron chi connectivity index (χ0n) is 1.98. The van der Waals surface area contributed by atoms with E-state index in [4.69, 9.17) is 0 Å². The second-order valence-corrected chi connectivity index (χ2v) is 0. The van der Waals surface area contributed by atoms with E-state index in [9.17, 15) is 0 Å². The van der Waals surface area contributed by atoms with Gasteiger partial charge in [-0.3, -0.25) is 0 Å². The van der Waals surface area contributed by atoms with Crippen molar-refractivity contribution in [1.29, 1.82) is 0 Å². The average molecular weight is 206 g/mol. The summed E-state index contributed by atoms with van der Waals surface area (Å²) < 4.78 is 0. The standard InChI is InChI=1S/2Mn.3S/q2*+3;3*-2. The van der Waals surface area contributed by atoms with Crippen molar-refractivity contribution in [2.45, 2.75) is 0 Å². The molecule has 0 fully saturated rings. The van der Waals surface area contributed by atoms with Crippen LogP contribution in [0.2, 0.25) is 0 Å². The summed E-state index contributed by atoms with van der Waals surface area (Å²) in [6.07, 6.45) is 0. The first-order valence-electron chi connectivity index (χ1n) is 0. The molecule has 0 unspecified atom stereocenters. The molecular weight excluding hydrogens is 206 g/mol. The predicted molar refractivity (Wildman–Crippen MR) is 22.1 cm³/mol. The van der Waals surface area contributed by atoms with Gasteiger partial charge in [0.1, 0.15) is 0 Å². The molecule has 0 aliphatic carbocycles. The van der Waals surface area contributed by atoms with Crippen molar-refractivity contribution in [1.82, 2.24) is 0 Å². The molecule has 0 saturated carbocycles. The number of hydrogen-bond donors (Lipinski definition) is 0. The van der Waals surface area contributed by atoms with E-state index in [0.717, 1.165) is 0 Å². The van der Waals surface area contributed by atoms with Crippen molar-refractivity contribution in [3.8, 4) is 0 Å². The Bertz CT molecular complexity index is 4.85. The average Bonchev–Trinajstić information content (AvgIpc) is 0. The Morgan fingerprint density at radius 3 is 0.400 bits per heavy atom. The molecule has 5 heavy (non-hydrogen) atoms. The van der Waals surface area contributed by atoms with E-state index < -0.39 is 0 Å². The summed E-state index contributed by atoms with van der Waals surface area (Å²) in [5.74, 6) is 0. The summed E-state index contributed by atoms with van der Waals surface area (Å²) in [6, 6.07) is 0. The van der Waals surface area contributed by atoms with Gasteiger partial charge in [-0.2, -0.15) is 0 Å². The van der Waals surface area contributed by atoms with E-state index in [2.05, 4.69) is 0 Å². The fourth-order valence-corrected chi connectivity index (χ4v) is 0. The van der Waals surface area contributed by atoms with Crippen molar-refractivity contribution in [2.75, 3.05) is 0 Å². The van der Waals surface area contributed by atoms with Crippen LogP contribution in [0.15, 0.2) is 0 Å². The Morgan fingerprint density at radius 1 is 0.400 bits per heavy atom. The van der Waals surface area contributed by atoms with Crippen LogP contribution >= 0.6 is 0 Å². The van der Waals surface area contributed by atoms with Crippen LogP contribution in [0.4, 0.5) is 0 Å². The first-order chi connectivity index (χ1) is 0. The third-order valence-electron chi connectivity index (χ3n) is 0. The molecule has 0 aromatic carbocycles. The van der Waals surface area contributed by atoms with Gasteiger partial charge in [0.05, 0.1) is 0 Å². The minimum Gasteiger partial charge on any atom is -2.00 e. The summed E-state index contributed by atoms with van der Waals surface area (Å²) in [6.45, 7) is 0. The maximum Gasteiger partial charge on any atom is 3.00 e. The van der Waals surface area contributed by atoms with E-state index in [0.29, 0.717) is 0 Å². The van der Waals surface area contributed by atoms with Crippen LogP contribution in [0.1, 0.15) is 0 Å². The zero-order valence-corrected chi connectivity index (χ0v) is 6.79. The molecule has 0 aliphatic rings. The molecular formula is Mn2S3. The van der Waals surface area contributed by atoms with Gasteiger partial charge in [-0.25, -0.2) is 0 Å². The fraction of sp³-hybridized carbons (Fsp3) is 0. The van der Waals surface area contributed by atoms with Gasteiger partial charge in [-0.1, -0.05) is 0 Å². The SMILES string of the molecule is [Mn+3].[Mn+3].[S-2].[S-2].[S-2]. The molecule has 0 aliphatic heterocycles. The Hall–Kier alpha value is 2.09. The molecule has 0 aromatic heterocycles. The van der Waals surface area contributed by atoms with Crippen LogP contribution in [0, 0.1) is 0 Å². The molecule has 0 saturated heterocycles.